The fourth-order valence-corrected chi connectivity index (χ4v) is 5.69. The summed E-state index contributed by atoms with van der Waals surface area (Å²) in [6.45, 7) is 5.46. The molecule has 0 saturated carbocycles. The molecule has 2 aromatic rings. The lowest BCUT2D eigenvalue weighted by Crippen LogP contribution is -2.38. The predicted octanol–water partition coefficient (Wildman–Crippen LogP) is 3.03. The van der Waals surface area contributed by atoms with Crippen LogP contribution in [0.25, 0.3) is 0 Å². The monoisotopic (exact) mass is 385 g/mol. The Labute approximate surface area is 164 Å². The van der Waals surface area contributed by atoms with Gasteiger partial charge in [0.25, 0.3) is 0 Å². The Morgan fingerprint density at radius 2 is 1.78 bits per heavy atom. The highest BCUT2D eigenvalue weighted by atomic mass is 32.1. The molecule has 7 heteroatoms. The van der Waals surface area contributed by atoms with Gasteiger partial charge in [-0.25, -0.2) is 15.0 Å². The number of fused-ring (bicyclic) bond motifs is 1. The normalized spacial score (nSPS) is 23.3. The lowest BCUT2D eigenvalue weighted by molar-refractivity contribution is 0.122. The fraction of sp³-hybridized carbons (Fsp3) is 0.650. The minimum Gasteiger partial charge on any atom is -0.378 e. The summed E-state index contributed by atoms with van der Waals surface area (Å²) in [6.07, 6.45) is 9.20. The minimum atomic E-state index is 0.538. The van der Waals surface area contributed by atoms with Crippen LogP contribution in [-0.2, 0) is 17.6 Å². The first kappa shape index (κ1) is 17.4. The largest absolute Gasteiger partial charge is 0.378 e. The average Bonchev–Trinajstić information content (AvgIpc) is 3.19. The molecule has 2 aromatic heterocycles. The maximum absolute atomic E-state index is 5.46. The van der Waals surface area contributed by atoms with Crippen LogP contribution in [0, 0.1) is 0 Å². The number of nitrogens with zero attached hydrogens (tertiary/aromatic N) is 5. The summed E-state index contributed by atoms with van der Waals surface area (Å²) in [4.78, 5) is 20.4. The van der Waals surface area contributed by atoms with Gasteiger partial charge in [-0.15, -0.1) is 11.3 Å². The molecule has 0 N–H and O–H groups in total. The molecule has 0 spiro atoms. The number of aromatic nitrogens is 3. The first-order valence-electron chi connectivity index (χ1n) is 10.2. The lowest BCUT2D eigenvalue weighted by atomic mass is 9.98. The van der Waals surface area contributed by atoms with Crippen LogP contribution in [0.15, 0.2) is 12.4 Å². The molecule has 2 aliphatic heterocycles. The third kappa shape index (κ3) is 3.67. The van der Waals surface area contributed by atoms with Gasteiger partial charge in [-0.05, 0) is 38.5 Å². The Hall–Kier alpha value is -1.73. The third-order valence-corrected chi connectivity index (χ3v) is 7.25. The Morgan fingerprint density at radius 1 is 0.963 bits per heavy atom. The van der Waals surface area contributed by atoms with E-state index < -0.39 is 0 Å². The minimum absolute atomic E-state index is 0.538. The van der Waals surface area contributed by atoms with E-state index in [0.29, 0.717) is 5.92 Å². The zero-order valence-corrected chi connectivity index (χ0v) is 16.6. The van der Waals surface area contributed by atoms with Crippen LogP contribution >= 0.6 is 11.3 Å². The van der Waals surface area contributed by atoms with Crippen molar-refractivity contribution >= 4 is 23.0 Å². The number of thiazole rings is 1. The van der Waals surface area contributed by atoms with Crippen molar-refractivity contribution in [3.63, 3.8) is 0 Å². The molecule has 0 bridgehead atoms. The Bertz CT molecular complexity index is 765. The smallest absolute Gasteiger partial charge is 0.134 e. The zero-order chi connectivity index (χ0) is 18.1. The molecule has 1 unspecified atom stereocenters. The van der Waals surface area contributed by atoms with E-state index in [9.17, 15) is 0 Å². The van der Waals surface area contributed by atoms with Crippen molar-refractivity contribution in [2.75, 3.05) is 49.2 Å². The van der Waals surface area contributed by atoms with E-state index in [1.54, 1.807) is 11.2 Å². The molecule has 0 radical (unpaired) electrons. The number of anilines is 2. The van der Waals surface area contributed by atoms with Crippen LogP contribution in [0.4, 0.5) is 11.6 Å². The second-order valence-electron chi connectivity index (χ2n) is 7.75. The number of morpholine rings is 1. The highest BCUT2D eigenvalue weighted by molar-refractivity contribution is 7.11. The molecule has 2 fully saturated rings. The van der Waals surface area contributed by atoms with Gasteiger partial charge >= 0.3 is 0 Å². The number of hydrogen-bond donors (Lipinski definition) is 0. The van der Waals surface area contributed by atoms with Gasteiger partial charge in [0.2, 0.25) is 0 Å². The highest BCUT2D eigenvalue weighted by Gasteiger charge is 2.27. The van der Waals surface area contributed by atoms with Crippen LogP contribution in [0.5, 0.6) is 0 Å². The summed E-state index contributed by atoms with van der Waals surface area (Å²) in [5.41, 5.74) is 1.38. The van der Waals surface area contributed by atoms with Crippen LogP contribution in [-0.4, -0.2) is 54.3 Å². The quantitative estimate of drug-likeness (QED) is 0.810. The van der Waals surface area contributed by atoms with Gasteiger partial charge in [-0.2, -0.15) is 0 Å². The van der Waals surface area contributed by atoms with Crippen molar-refractivity contribution in [3.8, 4) is 0 Å². The van der Waals surface area contributed by atoms with Gasteiger partial charge < -0.3 is 14.5 Å². The molecule has 3 aliphatic rings. The number of aryl methyl sites for hydroxylation is 2. The first-order chi connectivity index (χ1) is 13.4. The van der Waals surface area contributed by atoms with Crippen LogP contribution in [0.1, 0.15) is 47.2 Å². The third-order valence-electron chi connectivity index (χ3n) is 5.93. The van der Waals surface area contributed by atoms with E-state index in [4.69, 9.17) is 9.72 Å². The molecule has 5 rings (SSSR count). The van der Waals surface area contributed by atoms with Gasteiger partial charge in [-0.3, -0.25) is 0 Å². The van der Waals surface area contributed by atoms with E-state index in [1.807, 2.05) is 11.3 Å². The fourth-order valence-electron chi connectivity index (χ4n) is 4.41. The number of hydrogen-bond acceptors (Lipinski definition) is 7. The molecule has 2 saturated heterocycles. The molecule has 144 valence electrons. The van der Waals surface area contributed by atoms with Gasteiger partial charge in [0.1, 0.15) is 18.0 Å². The van der Waals surface area contributed by atoms with Crippen molar-refractivity contribution in [2.45, 2.75) is 44.4 Å². The van der Waals surface area contributed by atoms with Gasteiger partial charge in [0.05, 0.1) is 23.9 Å². The van der Waals surface area contributed by atoms with Crippen LogP contribution < -0.4 is 9.80 Å². The number of ether oxygens (including phenoxy) is 1. The Morgan fingerprint density at radius 3 is 2.63 bits per heavy atom. The Kier molecular flexibility index (Phi) is 4.97. The summed E-state index contributed by atoms with van der Waals surface area (Å²) in [5.74, 6) is 2.61. The van der Waals surface area contributed by atoms with Crippen LogP contribution in [0.2, 0.25) is 0 Å². The van der Waals surface area contributed by atoms with E-state index in [0.717, 1.165) is 51.0 Å². The zero-order valence-electron chi connectivity index (χ0n) is 15.8. The molecule has 4 heterocycles. The van der Waals surface area contributed by atoms with Crippen molar-refractivity contribution in [2.24, 2.45) is 0 Å². The molecule has 27 heavy (non-hydrogen) atoms. The first-order valence-corrected chi connectivity index (χ1v) is 11.1. The molecule has 6 nitrogen and oxygen atoms in total. The summed E-state index contributed by atoms with van der Waals surface area (Å²) in [5, 5.41) is 1.36. The average molecular weight is 386 g/mol. The lowest BCUT2D eigenvalue weighted by Gasteiger charge is -2.33. The van der Waals surface area contributed by atoms with Gasteiger partial charge in [0, 0.05) is 43.0 Å². The van der Waals surface area contributed by atoms with Crippen LogP contribution in [0.3, 0.4) is 0 Å². The van der Waals surface area contributed by atoms with E-state index in [2.05, 4.69) is 25.8 Å². The Balaban J connectivity index is 1.33. The van der Waals surface area contributed by atoms with E-state index in [-0.39, 0.29) is 0 Å². The molecular weight excluding hydrogens is 358 g/mol. The second kappa shape index (κ2) is 7.72. The summed E-state index contributed by atoms with van der Waals surface area (Å²) in [7, 11) is 0. The number of rotatable bonds is 3. The summed E-state index contributed by atoms with van der Waals surface area (Å²) < 4.78 is 5.46. The van der Waals surface area contributed by atoms with Gasteiger partial charge in [0.15, 0.2) is 0 Å². The summed E-state index contributed by atoms with van der Waals surface area (Å²) in [6, 6.07) is 2.15. The SMILES string of the molecule is c1nc(N2CCOCC2)cc(N2CCCC(c3nc4c(s3)CCCC4)C2)n1. The molecule has 1 aliphatic carbocycles. The van der Waals surface area contributed by atoms with E-state index in [1.165, 1.54) is 49.2 Å². The summed E-state index contributed by atoms with van der Waals surface area (Å²) >= 11 is 1.97. The maximum atomic E-state index is 5.46. The van der Waals surface area contributed by atoms with Crippen molar-refractivity contribution in [1.29, 1.82) is 0 Å². The highest BCUT2D eigenvalue weighted by Crippen LogP contribution is 2.35. The van der Waals surface area contributed by atoms with Gasteiger partial charge in [-0.1, -0.05) is 0 Å². The standard InChI is InChI=1S/C20H27N5OS/c1-2-6-17-16(5-1)23-20(27-17)15-4-3-7-25(13-15)19-12-18(21-14-22-19)24-8-10-26-11-9-24/h12,14-15H,1-11,13H2. The maximum Gasteiger partial charge on any atom is 0.134 e. The van der Waals surface area contributed by atoms with Crippen molar-refractivity contribution < 1.29 is 4.74 Å². The molecule has 0 aromatic carbocycles. The molecule has 1 atom stereocenters. The van der Waals surface area contributed by atoms with E-state index >= 15 is 0 Å². The van der Waals surface area contributed by atoms with Crippen molar-refractivity contribution in [1.82, 2.24) is 15.0 Å². The molecule has 0 amide bonds. The predicted molar refractivity (Wildman–Crippen MR) is 108 cm³/mol. The topological polar surface area (TPSA) is 54.4 Å². The number of piperidine rings is 1. The second-order valence-corrected chi connectivity index (χ2v) is 8.86. The van der Waals surface area contributed by atoms with Crippen molar-refractivity contribution in [3.05, 3.63) is 28.0 Å². The molecular formula is C20H27N5OS.